The van der Waals surface area contributed by atoms with Crippen LogP contribution in [0.5, 0.6) is 0 Å². The Bertz CT molecular complexity index is 639. The average Bonchev–Trinajstić information content (AvgIpc) is 2.25. The number of aromatic carboxylic acids is 1. The zero-order chi connectivity index (χ0) is 13.2. The van der Waals surface area contributed by atoms with Crippen LogP contribution in [0.2, 0.25) is 0 Å². The molecule has 0 bridgehead atoms. The van der Waals surface area contributed by atoms with E-state index in [0.717, 1.165) is 18.4 Å². The summed E-state index contributed by atoms with van der Waals surface area (Å²) in [5, 5.41) is 17.5. The smallest absolute Gasteiger partial charge is 0.337 e. The number of aldehydes is 1. The Morgan fingerprint density at radius 1 is 1.47 bits per heavy atom. The Morgan fingerprint density at radius 3 is 2.41 bits per heavy atom. The number of benzene rings is 1. The molecule has 0 heterocycles. The summed E-state index contributed by atoms with van der Waals surface area (Å²) in [6.07, 6.45) is 1.12. The number of carboxylic acid groups (broad SMARTS) is 1. The lowest BCUT2D eigenvalue weighted by Crippen LogP contribution is -2.08. The van der Waals surface area contributed by atoms with Gasteiger partial charge >= 0.3 is 5.97 Å². The van der Waals surface area contributed by atoms with Gasteiger partial charge in [-0.25, -0.2) is 13.2 Å². The quantitative estimate of drug-likeness (QED) is 0.783. The fourth-order valence-corrected chi connectivity index (χ4v) is 2.15. The van der Waals surface area contributed by atoms with Gasteiger partial charge in [-0.1, -0.05) is 0 Å². The fraction of sp³-hybridized carbons (Fsp3) is 0.100. The van der Waals surface area contributed by atoms with Gasteiger partial charge in [-0.05, 0) is 12.1 Å². The van der Waals surface area contributed by atoms with Crippen molar-refractivity contribution < 1.29 is 23.1 Å². The lowest BCUT2D eigenvalue weighted by molar-refractivity contribution is 0.0696. The molecule has 0 spiro atoms. The zero-order valence-electron chi connectivity index (χ0n) is 8.67. The van der Waals surface area contributed by atoms with Crippen LogP contribution in [0.4, 0.5) is 0 Å². The molecule has 0 aromatic heterocycles. The van der Waals surface area contributed by atoms with Crippen LogP contribution in [0.25, 0.3) is 0 Å². The van der Waals surface area contributed by atoms with Crippen molar-refractivity contribution in [3.8, 4) is 6.07 Å². The predicted octanol–water partition coefficient (Wildman–Crippen LogP) is 0.472. The van der Waals surface area contributed by atoms with Crippen LogP contribution in [-0.2, 0) is 9.84 Å². The lowest BCUT2D eigenvalue weighted by atomic mass is 10.1. The van der Waals surface area contributed by atoms with E-state index in [2.05, 4.69) is 0 Å². The van der Waals surface area contributed by atoms with Gasteiger partial charge in [0.15, 0.2) is 16.1 Å². The number of nitrogens with zero attached hydrogens (tertiary/aromatic N) is 1. The third-order valence-corrected chi connectivity index (χ3v) is 3.18. The Labute approximate surface area is 97.0 Å². The number of hydrogen-bond acceptors (Lipinski definition) is 5. The monoisotopic (exact) mass is 253 g/mol. The van der Waals surface area contributed by atoms with Crippen LogP contribution < -0.4 is 0 Å². The molecule has 0 fully saturated rings. The van der Waals surface area contributed by atoms with Crippen molar-refractivity contribution in [1.29, 1.82) is 5.26 Å². The molecule has 0 atom stereocenters. The van der Waals surface area contributed by atoms with E-state index in [-0.39, 0.29) is 17.4 Å². The van der Waals surface area contributed by atoms with E-state index in [1.54, 1.807) is 6.07 Å². The molecular weight excluding hydrogens is 246 g/mol. The summed E-state index contributed by atoms with van der Waals surface area (Å²) in [4.78, 5) is 21.1. The second kappa shape index (κ2) is 4.35. The van der Waals surface area contributed by atoms with Crippen molar-refractivity contribution in [3.05, 3.63) is 28.8 Å². The fourth-order valence-electron chi connectivity index (χ4n) is 1.28. The molecule has 0 radical (unpaired) electrons. The number of rotatable bonds is 3. The van der Waals surface area contributed by atoms with Crippen molar-refractivity contribution in [2.75, 3.05) is 6.26 Å². The highest BCUT2D eigenvalue weighted by Gasteiger charge is 2.20. The molecule has 0 saturated carbocycles. The minimum absolute atomic E-state index is 0.228. The third-order valence-electron chi connectivity index (χ3n) is 2.03. The normalized spacial score (nSPS) is 10.6. The predicted molar refractivity (Wildman–Crippen MR) is 56.6 cm³/mol. The second-order valence-corrected chi connectivity index (χ2v) is 5.23. The van der Waals surface area contributed by atoms with Gasteiger partial charge in [0.05, 0.1) is 16.0 Å². The lowest BCUT2D eigenvalue weighted by Gasteiger charge is -2.05. The summed E-state index contributed by atoms with van der Waals surface area (Å²) in [5.74, 6) is -1.43. The largest absolute Gasteiger partial charge is 0.478 e. The highest BCUT2D eigenvalue weighted by Crippen LogP contribution is 2.20. The molecule has 0 aliphatic heterocycles. The second-order valence-electron chi connectivity index (χ2n) is 3.24. The van der Waals surface area contributed by atoms with Gasteiger partial charge < -0.3 is 5.11 Å². The molecule has 88 valence electrons. The first-order valence-electron chi connectivity index (χ1n) is 4.28. The molecule has 0 unspecified atom stereocenters. The topological polar surface area (TPSA) is 112 Å². The van der Waals surface area contributed by atoms with Gasteiger partial charge in [0.25, 0.3) is 0 Å². The van der Waals surface area contributed by atoms with Crippen LogP contribution in [0.3, 0.4) is 0 Å². The number of carboxylic acids is 1. The Hall–Kier alpha value is -2.20. The molecule has 1 aromatic rings. The van der Waals surface area contributed by atoms with E-state index in [9.17, 15) is 18.0 Å². The molecular formula is C10H7NO5S. The van der Waals surface area contributed by atoms with Gasteiger partial charge in [0.1, 0.15) is 6.07 Å². The van der Waals surface area contributed by atoms with Crippen LogP contribution >= 0.6 is 0 Å². The minimum atomic E-state index is -3.73. The number of nitriles is 1. The van der Waals surface area contributed by atoms with Crippen molar-refractivity contribution in [2.24, 2.45) is 0 Å². The molecule has 0 saturated heterocycles. The molecule has 0 aliphatic carbocycles. The van der Waals surface area contributed by atoms with Crippen molar-refractivity contribution >= 4 is 22.1 Å². The van der Waals surface area contributed by atoms with Gasteiger partial charge in [-0.3, -0.25) is 4.79 Å². The first-order chi connectivity index (χ1) is 7.81. The highest BCUT2D eigenvalue weighted by atomic mass is 32.2. The molecule has 17 heavy (non-hydrogen) atoms. The Balaban J connectivity index is 3.76. The van der Waals surface area contributed by atoms with E-state index >= 15 is 0 Å². The summed E-state index contributed by atoms with van der Waals surface area (Å²) < 4.78 is 22.7. The van der Waals surface area contributed by atoms with Crippen molar-refractivity contribution in [3.63, 3.8) is 0 Å². The highest BCUT2D eigenvalue weighted by molar-refractivity contribution is 7.90. The number of hydrogen-bond donors (Lipinski definition) is 1. The SMILES string of the molecule is CS(=O)(=O)c1cc(C(=O)O)c(C#N)cc1C=O. The Morgan fingerprint density at radius 2 is 2.06 bits per heavy atom. The summed E-state index contributed by atoms with van der Waals surface area (Å²) >= 11 is 0. The minimum Gasteiger partial charge on any atom is -0.478 e. The van der Waals surface area contributed by atoms with Crippen molar-refractivity contribution in [1.82, 2.24) is 0 Å². The van der Waals surface area contributed by atoms with Gasteiger partial charge in [0, 0.05) is 11.8 Å². The van der Waals surface area contributed by atoms with Crippen LogP contribution in [0, 0.1) is 11.3 Å². The summed E-state index contributed by atoms with van der Waals surface area (Å²) in [5.41, 5.74) is -0.931. The maximum Gasteiger partial charge on any atom is 0.337 e. The molecule has 1 aromatic carbocycles. The maximum absolute atomic E-state index is 11.4. The molecule has 1 N–H and O–H groups in total. The molecule has 7 heteroatoms. The number of sulfone groups is 1. The summed E-state index contributed by atoms with van der Waals surface area (Å²) in [6.45, 7) is 0. The van der Waals surface area contributed by atoms with E-state index in [0.29, 0.717) is 0 Å². The molecule has 0 amide bonds. The number of carbonyl (C=O) groups is 2. The third kappa shape index (κ3) is 2.49. The van der Waals surface area contributed by atoms with Gasteiger partial charge in [0.2, 0.25) is 0 Å². The first-order valence-corrected chi connectivity index (χ1v) is 6.17. The van der Waals surface area contributed by atoms with Crippen LogP contribution in [0.1, 0.15) is 26.3 Å². The standard InChI is InChI=1S/C10H7NO5S/c1-17(15,16)9-3-8(10(13)14)6(4-11)2-7(9)5-12/h2-3,5H,1H3,(H,13,14). The van der Waals surface area contributed by atoms with Crippen molar-refractivity contribution in [2.45, 2.75) is 4.90 Å². The van der Waals surface area contributed by atoms with E-state index in [1.807, 2.05) is 0 Å². The zero-order valence-corrected chi connectivity index (χ0v) is 9.48. The number of carbonyl (C=O) groups excluding carboxylic acids is 1. The van der Waals surface area contributed by atoms with Gasteiger partial charge in [-0.15, -0.1) is 0 Å². The molecule has 0 aliphatic rings. The van der Waals surface area contributed by atoms with E-state index in [1.165, 1.54) is 0 Å². The Kier molecular flexibility index (Phi) is 3.29. The molecule has 6 nitrogen and oxygen atoms in total. The van der Waals surface area contributed by atoms with E-state index < -0.39 is 26.3 Å². The average molecular weight is 253 g/mol. The van der Waals surface area contributed by atoms with Crippen LogP contribution in [0.15, 0.2) is 17.0 Å². The maximum atomic E-state index is 11.4. The first kappa shape index (κ1) is 12.9. The van der Waals surface area contributed by atoms with Gasteiger partial charge in [-0.2, -0.15) is 5.26 Å². The molecule has 1 rings (SSSR count). The van der Waals surface area contributed by atoms with Crippen LogP contribution in [-0.4, -0.2) is 32.0 Å². The van der Waals surface area contributed by atoms with E-state index in [4.69, 9.17) is 10.4 Å². The summed E-state index contributed by atoms with van der Waals surface area (Å²) in [6, 6.07) is 3.37. The summed E-state index contributed by atoms with van der Waals surface area (Å²) in [7, 11) is -3.73.